The molecule has 0 bridgehead atoms. The number of guanidine groups is 1. The highest BCUT2D eigenvalue weighted by atomic mass is 16.5. The fourth-order valence-corrected chi connectivity index (χ4v) is 3.04. The van der Waals surface area contributed by atoms with Crippen LogP contribution in [0.25, 0.3) is 0 Å². The minimum atomic E-state index is 0.738. The molecule has 0 aromatic heterocycles. The first-order chi connectivity index (χ1) is 12.6. The molecule has 2 rings (SSSR count). The summed E-state index contributed by atoms with van der Waals surface area (Å²) in [6, 6.07) is 4.04. The molecule has 0 fully saturated rings. The van der Waals surface area contributed by atoms with Gasteiger partial charge in [-0.1, -0.05) is 11.6 Å². The molecular formula is C20H31N3O3. The number of aryl methyl sites for hydroxylation is 1. The predicted octanol–water partition coefficient (Wildman–Crippen LogP) is 2.76. The molecule has 1 aliphatic rings. The summed E-state index contributed by atoms with van der Waals surface area (Å²) in [4.78, 5) is 6.52. The number of methoxy groups -OCH3 is 2. The van der Waals surface area contributed by atoms with E-state index < -0.39 is 0 Å². The van der Waals surface area contributed by atoms with Crippen LogP contribution in [0.1, 0.15) is 24.0 Å². The molecule has 0 radical (unpaired) electrons. The fraction of sp³-hybridized carbons (Fsp3) is 0.550. The molecular weight excluding hydrogens is 330 g/mol. The van der Waals surface area contributed by atoms with Gasteiger partial charge in [0.05, 0.1) is 27.4 Å². The summed E-state index contributed by atoms with van der Waals surface area (Å²) in [5.41, 5.74) is 3.80. The monoisotopic (exact) mass is 361 g/mol. The van der Waals surface area contributed by atoms with Gasteiger partial charge in [-0.25, -0.2) is 0 Å². The zero-order valence-electron chi connectivity index (χ0n) is 16.6. The van der Waals surface area contributed by atoms with Crippen molar-refractivity contribution in [2.75, 3.05) is 48.1 Å². The molecule has 1 aromatic carbocycles. The first-order valence-corrected chi connectivity index (χ1v) is 8.98. The standard InChI is InChI=1S/C20H31N3O3/c1-15-12-18(24-4)19(25-5)13-17(15)14-23(3)20(21-2)22-9-6-16-7-10-26-11-8-16/h7,12-13H,6,8-11,14H2,1-5H3,(H,21,22). The molecule has 1 aliphatic heterocycles. The second kappa shape index (κ2) is 10.1. The van der Waals surface area contributed by atoms with Crippen molar-refractivity contribution in [2.24, 2.45) is 4.99 Å². The Labute approximate surface area is 156 Å². The minimum Gasteiger partial charge on any atom is -0.493 e. The predicted molar refractivity (Wildman–Crippen MR) is 105 cm³/mol. The first kappa shape index (κ1) is 20.1. The van der Waals surface area contributed by atoms with Gasteiger partial charge in [0, 0.05) is 27.2 Å². The SMILES string of the molecule is CN=C(NCCC1=CCOCC1)N(C)Cc1cc(OC)c(OC)cc1C. The maximum Gasteiger partial charge on any atom is 0.193 e. The van der Waals surface area contributed by atoms with E-state index >= 15 is 0 Å². The van der Waals surface area contributed by atoms with E-state index in [1.807, 2.05) is 26.2 Å². The average molecular weight is 361 g/mol. The molecule has 6 nitrogen and oxygen atoms in total. The molecule has 0 saturated carbocycles. The molecule has 0 amide bonds. The lowest BCUT2D eigenvalue weighted by Crippen LogP contribution is -2.39. The van der Waals surface area contributed by atoms with Crippen molar-refractivity contribution < 1.29 is 14.2 Å². The fourth-order valence-electron chi connectivity index (χ4n) is 3.04. The molecule has 1 N–H and O–H groups in total. The molecule has 0 unspecified atom stereocenters. The summed E-state index contributed by atoms with van der Waals surface area (Å²) in [5, 5.41) is 3.45. The van der Waals surface area contributed by atoms with E-state index in [4.69, 9.17) is 14.2 Å². The van der Waals surface area contributed by atoms with E-state index in [1.54, 1.807) is 14.2 Å². The average Bonchev–Trinajstić information content (AvgIpc) is 2.67. The van der Waals surface area contributed by atoms with Crippen molar-refractivity contribution in [1.82, 2.24) is 10.2 Å². The molecule has 6 heteroatoms. The van der Waals surface area contributed by atoms with Crippen LogP contribution in [0.4, 0.5) is 0 Å². The maximum atomic E-state index is 5.43. The Hall–Kier alpha value is -2.21. The van der Waals surface area contributed by atoms with Gasteiger partial charge in [-0.15, -0.1) is 0 Å². The zero-order chi connectivity index (χ0) is 18.9. The molecule has 1 heterocycles. The Kier molecular flexibility index (Phi) is 7.78. The van der Waals surface area contributed by atoms with Crippen molar-refractivity contribution in [3.8, 4) is 11.5 Å². The quantitative estimate of drug-likeness (QED) is 0.460. The van der Waals surface area contributed by atoms with Crippen LogP contribution in [0.15, 0.2) is 28.8 Å². The van der Waals surface area contributed by atoms with Gasteiger partial charge in [-0.3, -0.25) is 4.99 Å². The van der Waals surface area contributed by atoms with E-state index in [0.29, 0.717) is 0 Å². The van der Waals surface area contributed by atoms with Gasteiger partial charge in [-0.05, 0) is 43.0 Å². The highest BCUT2D eigenvalue weighted by molar-refractivity contribution is 5.79. The molecule has 0 atom stereocenters. The number of hydrogen-bond acceptors (Lipinski definition) is 4. The van der Waals surface area contributed by atoms with Gasteiger partial charge in [0.1, 0.15) is 0 Å². The number of nitrogens with zero attached hydrogens (tertiary/aromatic N) is 2. The maximum absolute atomic E-state index is 5.43. The van der Waals surface area contributed by atoms with Crippen molar-refractivity contribution in [3.05, 3.63) is 34.9 Å². The van der Waals surface area contributed by atoms with E-state index in [0.717, 1.165) is 62.2 Å². The number of aliphatic imine (C=N–C) groups is 1. The van der Waals surface area contributed by atoms with Gasteiger partial charge < -0.3 is 24.4 Å². The van der Waals surface area contributed by atoms with Gasteiger partial charge in [0.2, 0.25) is 0 Å². The van der Waals surface area contributed by atoms with Gasteiger partial charge >= 0.3 is 0 Å². The van der Waals surface area contributed by atoms with Crippen LogP contribution in [-0.2, 0) is 11.3 Å². The van der Waals surface area contributed by atoms with Crippen LogP contribution in [0.2, 0.25) is 0 Å². The van der Waals surface area contributed by atoms with Crippen LogP contribution in [0.5, 0.6) is 11.5 Å². The summed E-state index contributed by atoms with van der Waals surface area (Å²) in [6.07, 6.45) is 4.23. The van der Waals surface area contributed by atoms with E-state index in [9.17, 15) is 0 Å². The second-order valence-corrected chi connectivity index (χ2v) is 6.40. The molecule has 1 aromatic rings. The van der Waals surface area contributed by atoms with Crippen LogP contribution in [-0.4, -0.2) is 58.9 Å². The molecule has 26 heavy (non-hydrogen) atoms. The van der Waals surface area contributed by atoms with Crippen LogP contribution < -0.4 is 14.8 Å². The van der Waals surface area contributed by atoms with Crippen molar-refractivity contribution in [1.29, 1.82) is 0 Å². The minimum absolute atomic E-state index is 0.738. The molecule has 144 valence electrons. The topological polar surface area (TPSA) is 55.3 Å². The zero-order valence-corrected chi connectivity index (χ0v) is 16.6. The van der Waals surface area contributed by atoms with Crippen molar-refractivity contribution in [2.45, 2.75) is 26.3 Å². The number of rotatable bonds is 7. The van der Waals surface area contributed by atoms with Crippen molar-refractivity contribution >= 4 is 5.96 Å². The second-order valence-electron chi connectivity index (χ2n) is 6.40. The number of ether oxygens (including phenoxy) is 3. The number of nitrogens with one attached hydrogen (secondary N) is 1. The van der Waals surface area contributed by atoms with Crippen molar-refractivity contribution in [3.63, 3.8) is 0 Å². The van der Waals surface area contributed by atoms with E-state index in [-0.39, 0.29) is 0 Å². The third kappa shape index (κ3) is 5.39. The highest BCUT2D eigenvalue weighted by Gasteiger charge is 2.13. The van der Waals surface area contributed by atoms with Crippen LogP contribution >= 0.6 is 0 Å². The van der Waals surface area contributed by atoms with Crippen LogP contribution in [0, 0.1) is 6.92 Å². The van der Waals surface area contributed by atoms with Crippen LogP contribution in [0.3, 0.4) is 0 Å². The Morgan fingerprint density at radius 3 is 2.62 bits per heavy atom. The summed E-state index contributed by atoms with van der Waals surface area (Å²) >= 11 is 0. The van der Waals surface area contributed by atoms with Gasteiger partial charge in [0.25, 0.3) is 0 Å². The van der Waals surface area contributed by atoms with E-state index in [1.165, 1.54) is 11.1 Å². The summed E-state index contributed by atoms with van der Waals surface area (Å²) in [7, 11) is 7.17. The lowest BCUT2D eigenvalue weighted by molar-refractivity contribution is 0.153. The Morgan fingerprint density at radius 2 is 2.00 bits per heavy atom. The lowest BCUT2D eigenvalue weighted by Gasteiger charge is -2.24. The third-order valence-corrected chi connectivity index (χ3v) is 4.61. The Bertz CT molecular complexity index is 656. The van der Waals surface area contributed by atoms with Gasteiger partial charge in [-0.2, -0.15) is 0 Å². The Morgan fingerprint density at radius 1 is 1.27 bits per heavy atom. The summed E-state index contributed by atoms with van der Waals surface area (Å²) in [6.45, 7) is 5.26. The lowest BCUT2D eigenvalue weighted by atomic mass is 10.1. The highest BCUT2D eigenvalue weighted by Crippen LogP contribution is 2.30. The first-order valence-electron chi connectivity index (χ1n) is 8.98. The molecule has 0 saturated heterocycles. The number of hydrogen-bond donors (Lipinski definition) is 1. The number of benzene rings is 1. The van der Waals surface area contributed by atoms with E-state index in [2.05, 4.69) is 28.2 Å². The summed E-state index contributed by atoms with van der Waals surface area (Å²) in [5.74, 6) is 2.38. The summed E-state index contributed by atoms with van der Waals surface area (Å²) < 4.78 is 16.1. The molecule has 0 spiro atoms. The normalized spacial score (nSPS) is 14.7. The largest absolute Gasteiger partial charge is 0.493 e. The molecule has 0 aliphatic carbocycles. The third-order valence-electron chi connectivity index (χ3n) is 4.61. The Balaban J connectivity index is 1.96. The van der Waals surface area contributed by atoms with Gasteiger partial charge in [0.15, 0.2) is 17.5 Å². The smallest absolute Gasteiger partial charge is 0.193 e.